The highest BCUT2D eigenvalue weighted by Crippen LogP contribution is 2.07. The van der Waals surface area contributed by atoms with Gasteiger partial charge < -0.3 is 9.88 Å². The lowest BCUT2D eigenvalue weighted by Gasteiger charge is -2.08. The Morgan fingerprint density at radius 2 is 2.25 bits per heavy atom. The molecule has 1 N–H and O–H groups in total. The van der Waals surface area contributed by atoms with Crippen LogP contribution in [-0.4, -0.2) is 20.6 Å². The maximum atomic E-state index is 4.32. The van der Waals surface area contributed by atoms with Crippen molar-refractivity contribution in [3.63, 3.8) is 0 Å². The molecule has 0 fully saturated rings. The van der Waals surface area contributed by atoms with E-state index >= 15 is 0 Å². The number of rotatable bonds is 4. The summed E-state index contributed by atoms with van der Waals surface area (Å²) in [4.78, 5) is 8.35. The van der Waals surface area contributed by atoms with Crippen LogP contribution in [0.1, 0.15) is 19.5 Å². The molecule has 0 unspecified atom stereocenters. The van der Waals surface area contributed by atoms with Crippen LogP contribution in [0.4, 0.5) is 0 Å². The summed E-state index contributed by atoms with van der Waals surface area (Å²) in [6.07, 6.45) is 7.31. The highest BCUT2D eigenvalue weighted by Gasteiger charge is 2.00. The second-order valence-electron chi connectivity index (χ2n) is 4.01. The van der Waals surface area contributed by atoms with Gasteiger partial charge in [-0.15, -0.1) is 0 Å². The Hall–Kier alpha value is -1.68. The molecule has 4 nitrogen and oxygen atoms in total. The first-order chi connectivity index (χ1) is 7.75. The van der Waals surface area contributed by atoms with Gasteiger partial charge in [-0.2, -0.15) is 0 Å². The number of pyridine rings is 1. The highest BCUT2D eigenvalue weighted by molar-refractivity contribution is 5.31. The van der Waals surface area contributed by atoms with E-state index in [2.05, 4.69) is 35.2 Å². The van der Waals surface area contributed by atoms with Crippen molar-refractivity contribution in [3.8, 4) is 5.69 Å². The van der Waals surface area contributed by atoms with Gasteiger partial charge >= 0.3 is 0 Å². The molecule has 0 radical (unpaired) electrons. The first-order valence-corrected chi connectivity index (χ1v) is 5.42. The summed E-state index contributed by atoms with van der Waals surface area (Å²) in [5.74, 6) is 0. The largest absolute Gasteiger partial charge is 0.309 e. The number of nitrogens with zero attached hydrogens (tertiary/aromatic N) is 3. The van der Waals surface area contributed by atoms with E-state index in [0.717, 1.165) is 17.9 Å². The molecule has 2 rings (SSSR count). The number of nitrogens with one attached hydrogen (secondary N) is 1. The minimum absolute atomic E-state index is 0.471. The average Bonchev–Trinajstić information content (AvgIpc) is 2.80. The summed E-state index contributed by atoms with van der Waals surface area (Å²) in [5, 5.41) is 3.35. The molecule has 0 spiro atoms. The smallest absolute Gasteiger partial charge is 0.0991 e. The predicted molar refractivity (Wildman–Crippen MR) is 63.3 cm³/mol. The van der Waals surface area contributed by atoms with Gasteiger partial charge in [-0.3, -0.25) is 4.98 Å². The quantitative estimate of drug-likeness (QED) is 0.847. The van der Waals surface area contributed by atoms with E-state index in [9.17, 15) is 0 Å². The van der Waals surface area contributed by atoms with Crippen LogP contribution >= 0.6 is 0 Å². The molecule has 0 saturated carbocycles. The Morgan fingerprint density at radius 3 is 2.94 bits per heavy atom. The third-order valence-electron chi connectivity index (χ3n) is 2.29. The molecule has 0 atom stereocenters. The molecule has 0 aliphatic carbocycles. The molecule has 0 aromatic carbocycles. The molecule has 2 aromatic rings. The van der Waals surface area contributed by atoms with E-state index in [1.807, 2.05) is 23.0 Å². The maximum absolute atomic E-state index is 4.32. The molecular formula is C12H16N4. The molecule has 2 aromatic heterocycles. The zero-order valence-corrected chi connectivity index (χ0v) is 9.59. The number of imidazole rings is 1. The summed E-state index contributed by atoms with van der Waals surface area (Å²) in [6, 6.07) is 4.51. The van der Waals surface area contributed by atoms with Crippen LogP contribution in [0.3, 0.4) is 0 Å². The molecule has 2 heterocycles. The summed E-state index contributed by atoms with van der Waals surface area (Å²) in [7, 11) is 0. The van der Waals surface area contributed by atoms with Crippen LogP contribution in [0, 0.1) is 0 Å². The van der Waals surface area contributed by atoms with Crippen molar-refractivity contribution in [3.05, 3.63) is 42.7 Å². The van der Waals surface area contributed by atoms with Crippen molar-refractivity contribution in [2.75, 3.05) is 0 Å². The van der Waals surface area contributed by atoms with Gasteiger partial charge in [0.15, 0.2) is 0 Å². The SMILES string of the molecule is CC(C)NCc1cc(-n2ccnc2)ccn1. The topological polar surface area (TPSA) is 42.7 Å². The van der Waals surface area contributed by atoms with Crippen molar-refractivity contribution < 1.29 is 0 Å². The third-order valence-corrected chi connectivity index (χ3v) is 2.29. The maximum Gasteiger partial charge on any atom is 0.0991 e. The van der Waals surface area contributed by atoms with Crippen LogP contribution < -0.4 is 5.32 Å². The number of hydrogen-bond acceptors (Lipinski definition) is 3. The minimum atomic E-state index is 0.471. The fourth-order valence-electron chi connectivity index (χ4n) is 1.44. The highest BCUT2D eigenvalue weighted by atomic mass is 15.0. The molecule has 0 bridgehead atoms. The Labute approximate surface area is 95.4 Å². The first-order valence-electron chi connectivity index (χ1n) is 5.42. The van der Waals surface area contributed by atoms with Gasteiger partial charge in [0, 0.05) is 36.9 Å². The van der Waals surface area contributed by atoms with Crippen LogP contribution in [0.5, 0.6) is 0 Å². The van der Waals surface area contributed by atoms with Crippen LogP contribution in [0.25, 0.3) is 5.69 Å². The summed E-state index contributed by atoms with van der Waals surface area (Å²) < 4.78 is 1.97. The third kappa shape index (κ3) is 2.67. The summed E-state index contributed by atoms with van der Waals surface area (Å²) in [5.41, 5.74) is 2.13. The van der Waals surface area contributed by atoms with Crippen LogP contribution in [0.15, 0.2) is 37.1 Å². The lowest BCUT2D eigenvalue weighted by molar-refractivity contribution is 0.581. The molecule has 4 heteroatoms. The van der Waals surface area contributed by atoms with Crippen molar-refractivity contribution in [1.29, 1.82) is 0 Å². The molecule has 0 amide bonds. The minimum Gasteiger partial charge on any atom is -0.309 e. The summed E-state index contributed by atoms with van der Waals surface area (Å²) >= 11 is 0. The molecule has 16 heavy (non-hydrogen) atoms. The fraction of sp³-hybridized carbons (Fsp3) is 0.333. The van der Waals surface area contributed by atoms with E-state index in [0.29, 0.717) is 6.04 Å². The van der Waals surface area contributed by atoms with Gasteiger partial charge in [-0.25, -0.2) is 4.98 Å². The number of aromatic nitrogens is 3. The first kappa shape index (κ1) is 10.8. The van der Waals surface area contributed by atoms with Crippen molar-refractivity contribution in [1.82, 2.24) is 19.9 Å². The van der Waals surface area contributed by atoms with E-state index in [1.54, 1.807) is 12.5 Å². The Morgan fingerprint density at radius 1 is 1.38 bits per heavy atom. The zero-order valence-electron chi connectivity index (χ0n) is 9.59. The van der Waals surface area contributed by atoms with E-state index in [4.69, 9.17) is 0 Å². The molecule has 0 aliphatic rings. The van der Waals surface area contributed by atoms with Crippen LogP contribution in [0.2, 0.25) is 0 Å². The zero-order chi connectivity index (χ0) is 11.4. The van der Waals surface area contributed by atoms with E-state index < -0.39 is 0 Å². The second-order valence-corrected chi connectivity index (χ2v) is 4.01. The normalized spacial score (nSPS) is 10.9. The van der Waals surface area contributed by atoms with Crippen LogP contribution in [-0.2, 0) is 6.54 Å². The molecule has 84 valence electrons. The van der Waals surface area contributed by atoms with Crippen molar-refractivity contribution in [2.45, 2.75) is 26.4 Å². The summed E-state index contributed by atoms with van der Waals surface area (Å²) in [6.45, 7) is 5.04. The van der Waals surface area contributed by atoms with Gasteiger partial charge in [0.05, 0.1) is 12.0 Å². The molecular weight excluding hydrogens is 200 g/mol. The van der Waals surface area contributed by atoms with Gasteiger partial charge in [0.25, 0.3) is 0 Å². The second kappa shape index (κ2) is 4.90. The standard InChI is InChI=1S/C12H16N4/c1-10(2)15-8-11-7-12(3-4-14-11)16-6-5-13-9-16/h3-7,9-10,15H,8H2,1-2H3. The lowest BCUT2D eigenvalue weighted by Crippen LogP contribution is -2.22. The fourth-order valence-corrected chi connectivity index (χ4v) is 1.44. The van der Waals surface area contributed by atoms with Gasteiger partial charge in [0.1, 0.15) is 0 Å². The lowest BCUT2D eigenvalue weighted by atomic mass is 10.3. The molecule has 0 aliphatic heterocycles. The number of hydrogen-bond donors (Lipinski definition) is 1. The molecule has 0 saturated heterocycles. The van der Waals surface area contributed by atoms with Gasteiger partial charge in [-0.05, 0) is 12.1 Å². The van der Waals surface area contributed by atoms with E-state index in [-0.39, 0.29) is 0 Å². The predicted octanol–water partition coefficient (Wildman–Crippen LogP) is 1.77. The Balaban J connectivity index is 2.14. The Kier molecular flexibility index (Phi) is 3.31. The Bertz CT molecular complexity index is 434. The van der Waals surface area contributed by atoms with Crippen molar-refractivity contribution in [2.24, 2.45) is 0 Å². The van der Waals surface area contributed by atoms with Gasteiger partial charge in [0.2, 0.25) is 0 Å². The van der Waals surface area contributed by atoms with Gasteiger partial charge in [-0.1, -0.05) is 13.8 Å². The van der Waals surface area contributed by atoms with Crippen molar-refractivity contribution >= 4 is 0 Å². The monoisotopic (exact) mass is 216 g/mol. The van der Waals surface area contributed by atoms with E-state index in [1.165, 1.54) is 0 Å². The average molecular weight is 216 g/mol.